The summed E-state index contributed by atoms with van der Waals surface area (Å²) < 4.78 is 197. The summed E-state index contributed by atoms with van der Waals surface area (Å²) in [7, 11) is 2.29. The van der Waals surface area contributed by atoms with E-state index in [4.69, 9.17) is 49.8 Å². The molecule has 0 aliphatic heterocycles. The van der Waals surface area contributed by atoms with E-state index in [2.05, 4.69) is 20.0 Å². The molecule has 0 fully saturated rings. The fourth-order valence-corrected chi connectivity index (χ4v) is 8.09. The van der Waals surface area contributed by atoms with Gasteiger partial charge in [-0.05, 0) is 89.5 Å². The van der Waals surface area contributed by atoms with Crippen molar-refractivity contribution < 1.29 is 131 Å². The van der Waals surface area contributed by atoms with Crippen LogP contribution in [0.1, 0.15) is 47.8 Å². The minimum Gasteiger partial charge on any atom is -0.870 e. The number of nitrogens with zero attached hydrogens (tertiary/aromatic N) is 6. The number of methoxy groups -OCH3 is 2. The summed E-state index contributed by atoms with van der Waals surface area (Å²) in [5, 5.41) is 29.9. The Balaban J connectivity index is 0.000000230. The summed E-state index contributed by atoms with van der Waals surface area (Å²) in [5.74, 6) is -10.4. The Bertz CT molecular complexity index is 3940. The van der Waals surface area contributed by atoms with Crippen molar-refractivity contribution in [1.82, 2.24) is 29.3 Å². The van der Waals surface area contributed by atoms with Gasteiger partial charge < -0.3 is 25.2 Å². The molecule has 14 nitrogen and oxygen atoms in total. The molecule has 440 valence electrons. The van der Waals surface area contributed by atoms with Crippen LogP contribution < -0.4 is 34.3 Å². The van der Waals surface area contributed by atoms with Crippen molar-refractivity contribution in [2.24, 2.45) is 0 Å². The average molecular weight is 1270 g/mol. The molecule has 9 aromatic rings. The summed E-state index contributed by atoms with van der Waals surface area (Å²) >= 11 is 17.6. The predicted octanol–water partition coefficient (Wildman–Crippen LogP) is 12.3. The molecule has 0 saturated heterocycles. The van der Waals surface area contributed by atoms with Crippen LogP contribution in [-0.4, -0.2) is 77.2 Å². The first-order valence-electron chi connectivity index (χ1n) is 22.5. The van der Waals surface area contributed by atoms with Crippen molar-refractivity contribution in [1.29, 1.82) is 0 Å². The third kappa shape index (κ3) is 15.5. The number of carboxylic acid groups (broad SMARTS) is 2. The van der Waals surface area contributed by atoms with Gasteiger partial charge >= 0.3 is 66.0 Å². The Morgan fingerprint density at radius 3 is 1.02 bits per heavy atom. The molecule has 0 amide bonds. The molecule has 0 spiro atoms. The molecule has 85 heavy (non-hydrogen) atoms. The van der Waals surface area contributed by atoms with E-state index in [0.29, 0.717) is 39.9 Å². The number of ether oxygens (including phenoxy) is 2. The third-order valence-corrected chi connectivity index (χ3v) is 12.5. The molecular weight excluding hydrogens is 1240 g/mol. The van der Waals surface area contributed by atoms with Gasteiger partial charge in [0.05, 0.1) is 81.3 Å². The van der Waals surface area contributed by atoms with Crippen molar-refractivity contribution in [2.45, 2.75) is 18.5 Å². The molecule has 0 unspecified atom stereocenters. The second-order valence-electron chi connectivity index (χ2n) is 16.8. The molecule has 6 aromatic carbocycles. The summed E-state index contributed by atoms with van der Waals surface area (Å²) in [5.41, 5.74) is -3.97. The maximum Gasteiger partial charge on any atom is 1.00 e. The van der Waals surface area contributed by atoms with Crippen LogP contribution in [0.2, 0.25) is 15.1 Å². The number of benzene rings is 6. The number of halogens is 17. The normalized spacial score (nSPS) is 11.3. The first kappa shape index (κ1) is 67.8. The molecule has 0 saturated carbocycles. The number of hydrogen-bond acceptors (Lipinski definition) is 9. The zero-order chi connectivity index (χ0) is 61.2. The van der Waals surface area contributed by atoms with E-state index in [-0.39, 0.29) is 108 Å². The number of aromatic carboxylic acids is 2. The van der Waals surface area contributed by atoms with Crippen LogP contribution in [0.25, 0.3) is 50.4 Å². The summed E-state index contributed by atoms with van der Waals surface area (Å²) in [6.45, 7) is 0. The van der Waals surface area contributed by atoms with Gasteiger partial charge in [-0.25, -0.2) is 50.4 Å². The molecule has 3 N–H and O–H groups in total. The van der Waals surface area contributed by atoms with Gasteiger partial charge in [0.25, 0.3) is 0 Å². The van der Waals surface area contributed by atoms with E-state index in [1.54, 1.807) is 0 Å². The SMILES string of the molecule is COC(=O)c1cc(-c2cnn(-c3c(F)cc(C(F)(F)F)cc3F)c2)ccc1Cl.COc1cc(C(F)(F)F)cc(F)c1-n1cc(-c2ccc(Cl)c(C(=O)O)c2)cn1.O=C(O)c1cc(-c2cnn(-c3c(F)cc(C(F)(F)F)cc3F)c2)ccc1Cl.[Na+].[OH-]. The van der Waals surface area contributed by atoms with Crippen molar-refractivity contribution in [3.8, 4) is 56.2 Å². The van der Waals surface area contributed by atoms with Crippen molar-refractivity contribution >= 4 is 52.7 Å². The van der Waals surface area contributed by atoms with E-state index in [9.17, 15) is 75.8 Å². The number of carbonyl (C=O) groups is 3. The van der Waals surface area contributed by atoms with Crippen LogP contribution in [0.4, 0.5) is 61.5 Å². The molecule has 0 atom stereocenters. The van der Waals surface area contributed by atoms with E-state index in [0.717, 1.165) is 27.4 Å². The summed E-state index contributed by atoms with van der Waals surface area (Å²) in [6.07, 6.45) is -7.09. The van der Waals surface area contributed by atoms with Crippen LogP contribution in [0.15, 0.2) is 128 Å². The molecule has 9 rings (SSSR count). The van der Waals surface area contributed by atoms with Gasteiger partial charge in [-0.15, -0.1) is 0 Å². The summed E-state index contributed by atoms with van der Waals surface area (Å²) in [4.78, 5) is 34.1. The number of alkyl halides is 9. The second kappa shape index (κ2) is 26.9. The fraction of sp³-hybridized carbons (Fsp3) is 0.0943. The number of aromatic nitrogens is 6. The van der Waals surface area contributed by atoms with E-state index in [1.165, 1.54) is 92.7 Å². The first-order valence-corrected chi connectivity index (χ1v) is 23.6. The zero-order valence-electron chi connectivity index (χ0n) is 42.6. The maximum atomic E-state index is 14.4. The van der Waals surface area contributed by atoms with Gasteiger partial charge in [0.15, 0.2) is 29.1 Å². The molecule has 3 aromatic heterocycles. The minimum atomic E-state index is -4.90. The third-order valence-electron chi connectivity index (χ3n) is 11.5. The Kier molecular flexibility index (Phi) is 21.5. The smallest absolute Gasteiger partial charge is 0.870 e. The van der Waals surface area contributed by atoms with Crippen LogP contribution in [0, 0.1) is 29.1 Å². The van der Waals surface area contributed by atoms with Gasteiger partial charge in [0, 0.05) is 35.3 Å². The number of carboxylic acids is 2. The predicted molar refractivity (Wildman–Crippen MR) is 271 cm³/mol. The van der Waals surface area contributed by atoms with Gasteiger partial charge in [0.2, 0.25) is 0 Å². The van der Waals surface area contributed by atoms with E-state index < -0.39 is 93.6 Å². The van der Waals surface area contributed by atoms with Crippen LogP contribution >= 0.6 is 34.8 Å². The van der Waals surface area contributed by atoms with Crippen LogP contribution in [0.3, 0.4) is 0 Å². The monoisotopic (exact) mass is 1270 g/mol. The fourth-order valence-electron chi connectivity index (χ4n) is 7.50. The van der Waals surface area contributed by atoms with Crippen molar-refractivity contribution in [3.63, 3.8) is 0 Å². The second-order valence-corrected chi connectivity index (χ2v) is 18.0. The quantitative estimate of drug-likeness (QED) is 0.0752. The number of rotatable bonds is 10. The largest absolute Gasteiger partial charge is 1.00 e. The molecule has 3 heterocycles. The average Bonchev–Trinajstić information content (AvgIpc) is 3.57. The summed E-state index contributed by atoms with van der Waals surface area (Å²) in [6, 6.07) is 14.4. The van der Waals surface area contributed by atoms with E-state index in [1.807, 2.05) is 0 Å². The standard InChI is InChI=1S/C18H10ClF5N2O2.C18H11ClF4N2O3.C17H8ClF5N2O2.Na.H2O/c1-28-17(27)12-4-9(2-3-13(12)19)10-7-25-26(8-10)16-14(20)5-11(6-15(16)21)18(22,23)24;1-28-15-6-11(18(21,22)23)5-14(20)16(15)25-8-10(7-24-25)9-2-3-13(19)12(4-9)17(26)27;18-12-2-1-8(3-11(12)16(26)27)9-6-24-25(7-9)15-13(19)4-10(5-14(15)20)17(21,22)23;;/h2-8H,1H3;2-8H,1H3,(H,26,27);1-7H,(H,26,27);;1H2/q;;;+1;/p-1. The molecule has 32 heteroatoms. The maximum absolute atomic E-state index is 14.4. The van der Waals surface area contributed by atoms with Gasteiger partial charge in [0.1, 0.15) is 22.8 Å². The van der Waals surface area contributed by atoms with Crippen LogP contribution in [-0.2, 0) is 23.3 Å². The number of carbonyl (C=O) groups excluding carboxylic acids is 1. The molecule has 0 aliphatic rings. The first-order chi connectivity index (χ1) is 38.8. The Labute approximate surface area is 504 Å². The minimum absolute atomic E-state index is 0. The Morgan fingerprint density at radius 1 is 0.447 bits per heavy atom. The van der Waals surface area contributed by atoms with Crippen LogP contribution in [0.5, 0.6) is 5.75 Å². The van der Waals surface area contributed by atoms with E-state index >= 15 is 0 Å². The zero-order valence-corrected chi connectivity index (χ0v) is 46.9. The molecule has 0 bridgehead atoms. The topological polar surface area (TPSA) is 194 Å². The van der Waals surface area contributed by atoms with Crippen molar-refractivity contribution in [3.05, 3.63) is 206 Å². The molecular formula is C53H30Cl3F14N6NaO8. The number of hydrogen-bond donors (Lipinski definition) is 2. The molecule has 0 radical (unpaired) electrons. The molecule has 0 aliphatic carbocycles. The van der Waals surface area contributed by atoms with Gasteiger partial charge in [-0.2, -0.15) is 54.8 Å². The Morgan fingerprint density at radius 2 is 0.729 bits per heavy atom. The van der Waals surface area contributed by atoms with Crippen molar-refractivity contribution in [2.75, 3.05) is 14.2 Å². The van der Waals surface area contributed by atoms with Gasteiger partial charge in [-0.1, -0.05) is 53.0 Å². The van der Waals surface area contributed by atoms with Gasteiger partial charge in [-0.3, -0.25) is 0 Å². The Hall–Kier alpha value is -7.99. The number of esters is 1.